The third-order valence-corrected chi connectivity index (χ3v) is 2.26. The van der Waals surface area contributed by atoms with Crippen molar-refractivity contribution in [3.8, 4) is 17.2 Å². The highest BCUT2D eigenvalue weighted by molar-refractivity contribution is 6.39. The lowest BCUT2D eigenvalue weighted by Crippen LogP contribution is -2.39. The Kier molecular flexibility index (Phi) is 4.95. The van der Waals surface area contributed by atoms with Crippen molar-refractivity contribution in [1.82, 2.24) is 5.43 Å². The van der Waals surface area contributed by atoms with E-state index in [4.69, 9.17) is 20.1 Å². The Hall–Kier alpha value is -2.48. The SMILES string of the molecule is COc1cc(NC(=O)C(=O)NN)cc(OC)c1OC. The second-order valence-electron chi connectivity index (χ2n) is 3.34. The van der Waals surface area contributed by atoms with Crippen LogP contribution in [-0.2, 0) is 9.59 Å². The van der Waals surface area contributed by atoms with Crippen LogP contribution in [0.15, 0.2) is 12.1 Å². The van der Waals surface area contributed by atoms with Gasteiger partial charge in [0.2, 0.25) is 5.75 Å². The average molecular weight is 269 g/mol. The Morgan fingerprint density at radius 2 is 1.53 bits per heavy atom. The van der Waals surface area contributed by atoms with Gasteiger partial charge in [-0.3, -0.25) is 15.0 Å². The summed E-state index contributed by atoms with van der Waals surface area (Å²) in [6.07, 6.45) is 0. The van der Waals surface area contributed by atoms with E-state index in [-0.39, 0.29) is 0 Å². The molecule has 0 unspecified atom stereocenters. The highest BCUT2D eigenvalue weighted by Gasteiger charge is 2.17. The van der Waals surface area contributed by atoms with Crippen molar-refractivity contribution in [2.24, 2.45) is 5.84 Å². The summed E-state index contributed by atoms with van der Waals surface area (Å²) in [5.74, 6) is 4.07. The first-order valence-corrected chi connectivity index (χ1v) is 5.19. The van der Waals surface area contributed by atoms with E-state index in [1.807, 2.05) is 0 Å². The summed E-state index contributed by atoms with van der Waals surface area (Å²) < 4.78 is 15.3. The molecule has 19 heavy (non-hydrogen) atoms. The number of nitrogens with one attached hydrogen (secondary N) is 2. The Balaban J connectivity index is 3.09. The molecular formula is C11H15N3O5. The summed E-state index contributed by atoms with van der Waals surface area (Å²) in [6, 6.07) is 2.98. The molecule has 4 N–H and O–H groups in total. The molecule has 0 atom stereocenters. The lowest BCUT2D eigenvalue weighted by atomic mass is 10.2. The van der Waals surface area contributed by atoms with E-state index in [2.05, 4.69) is 5.32 Å². The minimum atomic E-state index is -0.964. The maximum Gasteiger partial charge on any atom is 0.323 e. The molecule has 0 fully saturated rings. The van der Waals surface area contributed by atoms with Crippen molar-refractivity contribution in [2.75, 3.05) is 26.6 Å². The summed E-state index contributed by atoms with van der Waals surface area (Å²) in [5, 5.41) is 2.35. The second-order valence-corrected chi connectivity index (χ2v) is 3.34. The van der Waals surface area contributed by atoms with E-state index in [0.717, 1.165) is 0 Å². The van der Waals surface area contributed by atoms with Crippen molar-refractivity contribution in [3.63, 3.8) is 0 Å². The lowest BCUT2D eigenvalue weighted by molar-refractivity contribution is -0.136. The van der Waals surface area contributed by atoms with Crippen LogP contribution in [0.25, 0.3) is 0 Å². The second kappa shape index (κ2) is 6.45. The van der Waals surface area contributed by atoms with Crippen LogP contribution in [-0.4, -0.2) is 33.1 Å². The molecule has 0 spiro atoms. The maximum atomic E-state index is 11.4. The number of nitrogens with two attached hydrogens (primary N) is 1. The number of amides is 2. The van der Waals surface area contributed by atoms with Gasteiger partial charge in [0.15, 0.2) is 11.5 Å². The van der Waals surface area contributed by atoms with Gasteiger partial charge in [0.1, 0.15) is 0 Å². The molecule has 0 saturated heterocycles. The zero-order valence-electron chi connectivity index (χ0n) is 10.8. The number of carbonyl (C=O) groups is 2. The topological polar surface area (TPSA) is 112 Å². The first-order chi connectivity index (χ1) is 9.07. The van der Waals surface area contributed by atoms with E-state index < -0.39 is 11.8 Å². The molecule has 1 aromatic carbocycles. The third kappa shape index (κ3) is 3.26. The predicted molar refractivity (Wildman–Crippen MR) is 67.1 cm³/mol. The van der Waals surface area contributed by atoms with Crippen LogP contribution in [0.4, 0.5) is 5.69 Å². The van der Waals surface area contributed by atoms with Gasteiger partial charge in [-0.05, 0) is 0 Å². The zero-order valence-corrected chi connectivity index (χ0v) is 10.8. The van der Waals surface area contributed by atoms with Gasteiger partial charge in [-0.1, -0.05) is 0 Å². The Morgan fingerprint density at radius 1 is 1.00 bits per heavy atom. The van der Waals surface area contributed by atoms with Gasteiger partial charge in [0.25, 0.3) is 0 Å². The molecule has 0 radical (unpaired) electrons. The van der Waals surface area contributed by atoms with Gasteiger partial charge in [-0.2, -0.15) is 0 Å². The maximum absolute atomic E-state index is 11.4. The molecule has 104 valence electrons. The summed E-state index contributed by atoms with van der Waals surface area (Å²) in [5.41, 5.74) is 2.03. The fourth-order valence-electron chi connectivity index (χ4n) is 1.41. The number of methoxy groups -OCH3 is 3. The van der Waals surface area contributed by atoms with E-state index in [0.29, 0.717) is 22.9 Å². The molecule has 0 saturated carbocycles. The van der Waals surface area contributed by atoms with Crippen LogP contribution < -0.4 is 30.8 Å². The summed E-state index contributed by atoms with van der Waals surface area (Å²) in [4.78, 5) is 22.4. The smallest absolute Gasteiger partial charge is 0.323 e. The minimum absolute atomic E-state index is 0.308. The molecule has 0 heterocycles. The number of ether oxygens (including phenoxy) is 3. The number of hydrazine groups is 1. The first kappa shape index (κ1) is 14.6. The van der Waals surface area contributed by atoms with Crippen molar-refractivity contribution in [3.05, 3.63) is 12.1 Å². The molecule has 8 nitrogen and oxygen atoms in total. The number of anilines is 1. The summed E-state index contributed by atoms with van der Waals surface area (Å²) >= 11 is 0. The molecule has 0 bridgehead atoms. The van der Waals surface area contributed by atoms with Gasteiger partial charge in [-0.25, -0.2) is 5.84 Å². The fraction of sp³-hybridized carbons (Fsp3) is 0.273. The van der Waals surface area contributed by atoms with E-state index >= 15 is 0 Å². The minimum Gasteiger partial charge on any atom is -0.493 e. The Labute approximate surface area is 109 Å². The highest BCUT2D eigenvalue weighted by atomic mass is 16.5. The largest absolute Gasteiger partial charge is 0.493 e. The van der Waals surface area contributed by atoms with E-state index in [9.17, 15) is 9.59 Å². The van der Waals surface area contributed by atoms with Crippen molar-refractivity contribution in [1.29, 1.82) is 0 Å². The molecule has 0 aliphatic rings. The van der Waals surface area contributed by atoms with E-state index in [1.54, 1.807) is 5.43 Å². The van der Waals surface area contributed by atoms with Crippen molar-refractivity contribution >= 4 is 17.5 Å². The molecule has 0 aliphatic heterocycles. The van der Waals surface area contributed by atoms with Crippen molar-refractivity contribution < 1.29 is 23.8 Å². The standard InChI is InChI=1S/C11H15N3O5/c1-17-7-4-6(13-10(15)11(16)14-12)5-8(18-2)9(7)19-3/h4-5H,12H2,1-3H3,(H,13,15)(H,14,16). The van der Waals surface area contributed by atoms with Gasteiger partial charge in [0.05, 0.1) is 21.3 Å². The van der Waals surface area contributed by atoms with Gasteiger partial charge in [-0.15, -0.1) is 0 Å². The van der Waals surface area contributed by atoms with Gasteiger partial charge >= 0.3 is 11.8 Å². The fourth-order valence-corrected chi connectivity index (χ4v) is 1.41. The number of hydrogen-bond donors (Lipinski definition) is 3. The number of rotatable bonds is 4. The van der Waals surface area contributed by atoms with Crippen LogP contribution >= 0.6 is 0 Å². The normalized spacial score (nSPS) is 9.47. The van der Waals surface area contributed by atoms with Crippen LogP contribution in [0.5, 0.6) is 17.2 Å². The molecule has 2 amide bonds. The number of benzene rings is 1. The molecular weight excluding hydrogens is 254 g/mol. The summed E-state index contributed by atoms with van der Waals surface area (Å²) in [7, 11) is 4.34. The van der Waals surface area contributed by atoms with Crippen LogP contribution in [0.2, 0.25) is 0 Å². The Bertz CT molecular complexity index is 464. The average Bonchev–Trinajstić information content (AvgIpc) is 2.44. The lowest BCUT2D eigenvalue weighted by Gasteiger charge is -2.14. The quantitative estimate of drug-likeness (QED) is 0.298. The predicted octanol–water partition coefficient (Wildman–Crippen LogP) is -0.359. The third-order valence-electron chi connectivity index (χ3n) is 2.26. The molecule has 0 aromatic heterocycles. The number of carbonyl (C=O) groups excluding carboxylic acids is 2. The molecule has 1 rings (SSSR count). The number of hydrogen-bond acceptors (Lipinski definition) is 6. The van der Waals surface area contributed by atoms with Gasteiger partial charge in [0, 0.05) is 17.8 Å². The first-order valence-electron chi connectivity index (χ1n) is 5.19. The molecule has 8 heteroatoms. The monoisotopic (exact) mass is 269 g/mol. The van der Waals surface area contributed by atoms with Gasteiger partial charge < -0.3 is 19.5 Å². The van der Waals surface area contributed by atoms with E-state index in [1.165, 1.54) is 33.5 Å². The Morgan fingerprint density at radius 3 is 1.89 bits per heavy atom. The van der Waals surface area contributed by atoms with Crippen LogP contribution in [0, 0.1) is 0 Å². The zero-order chi connectivity index (χ0) is 14.4. The summed E-state index contributed by atoms with van der Waals surface area (Å²) in [6.45, 7) is 0. The van der Waals surface area contributed by atoms with Crippen molar-refractivity contribution in [2.45, 2.75) is 0 Å². The molecule has 1 aromatic rings. The molecule has 0 aliphatic carbocycles. The van der Waals surface area contributed by atoms with Crippen LogP contribution in [0.1, 0.15) is 0 Å². The van der Waals surface area contributed by atoms with Crippen LogP contribution in [0.3, 0.4) is 0 Å². The highest BCUT2D eigenvalue weighted by Crippen LogP contribution is 2.39.